The number of cyclic esters (lactones) is 1. The highest BCUT2D eigenvalue weighted by molar-refractivity contribution is 5.69. The van der Waals surface area contributed by atoms with Crippen LogP contribution in [0.5, 0.6) is 5.88 Å². The van der Waals surface area contributed by atoms with Crippen LogP contribution in [0.4, 0.5) is 4.79 Å². The van der Waals surface area contributed by atoms with Gasteiger partial charge < -0.3 is 19.5 Å². The van der Waals surface area contributed by atoms with Crippen molar-refractivity contribution in [2.24, 2.45) is 0 Å². The molecule has 3 aromatic rings. The Bertz CT molecular complexity index is 935. The van der Waals surface area contributed by atoms with Crippen LogP contribution in [0, 0.1) is 0 Å². The minimum atomic E-state index is -0.278. The molecule has 2 heterocycles. The minimum Gasteiger partial charge on any atom is -0.481 e. The van der Waals surface area contributed by atoms with Crippen LogP contribution in [-0.2, 0) is 4.74 Å². The SMILES string of the molecule is COc1ccc(-c2ccc(C(C)N3CCC(CCCO)OC3=O)cc2)cn1.c1ccccc1. The third-order valence-corrected chi connectivity index (χ3v) is 5.68. The number of hydrogen-bond acceptors (Lipinski definition) is 5. The number of aliphatic hydroxyl groups excluding tert-OH is 1. The fourth-order valence-corrected chi connectivity index (χ4v) is 3.71. The van der Waals surface area contributed by atoms with E-state index >= 15 is 0 Å². The van der Waals surface area contributed by atoms with Gasteiger partial charge in [0, 0.05) is 37.4 Å². The highest BCUT2D eigenvalue weighted by Gasteiger charge is 2.30. The number of methoxy groups -OCH3 is 1. The maximum Gasteiger partial charge on any atom is 0.410 e. The van der Waals surface area contributed by atoms with Crippen molar-refractivity contribution in [3.8, 4) is 17.0 Å². The Morgan fingerprint density at radius 2 is 1.70 bits per heavy atom. The molecule has 1 amide bonds. The van der Waals surface area contributed by atoms with Crippen LogP contribution in [0.2, 0.25) is 0 Å². The first-order valence-corrected chi connectivity index (χ1v) is 11.3. The van der Waals surface area contributed by atoms with Gasteiger partial charge in [-0.2, -0.15) is 0 Å². The molecule has 6 heteroatoms. The quantitative estimate of drug-likeness (QED) is 0.518. The Balaban J connectivity index is 0.000000442. The van der Waals surface area contributed by atoms with E-state index in [1.165, 1.54) is 0 Å². The second-order valence-corrected chi connectivity index (χ2v) is 7.90. The molecule has 1 saturated heterocycles. The average Bonchev–Trinajstić information content (AvgIpc) is 2.89. The molecule has 1 aliphatic rings. The Morgan fingerprint density at radius 1 is 1.06 bits per heavy atom. The van der Waals surface area contributed by atoms with Gasteiger partial charge in [-0.05, 0) is 37.0 Å². The van der Waals surface area contributed by atoms with Crippen molar-refractivity contribution in [3.63, 3.8) is 0 Å². The van der Waals surface area contributed by atoms with Crippen molar-refractivity contribution in [3.05, 3.63) is 84.6 Å². The van der Waals surface area contributed by atoms with E-state index in [-0.39, 0.29) is 24.8 Å². The number of pyridine rings is 1. The standard InChI is InChI=1S/C21H26N2O4.C6H6/c1-15(23-12-11-19(4-3-13-24)27-21(23)25)16-5-7-17(8-6-16)18-9-10-20(26-2)22-14-18;1-2-4-6-5-3-1/h5-10,14-15,19,24H,3-4,11-13H2,1-2H3;1-6H. The van der Waals surface area contributed by atoms with Crippen molar-refractivity contribution in [1.29, 1.82) is 0 Å². The predicted molar refractivity (Wildman–Crippen MR) is 129 cm³/mol. The summed E-state index contributed by atoms with van der Waals surface area (Å²) in [6.07, 6.45) is 3.60. The molecule has 1 aromatic heterocycles. The number of aromatic nitrogens is 1. The number of rotatable bonds is 7. The lowest BCUT2D eigenvalue weighted by atomic mass is 10.0. The summed E-state index contributed by atoms with van der Waals surface area (Å²) in [6, 6.07) is 23.9. The highest BCUT2D eigenvalue weighted by atomic mass is 16.6. The summed E-state index contributed by atoms with van der Waals surface area (Å²) >= 11 is 0. The highest BCUT2D eigenvalue weighted by Crippen LogP contribution is 2.28. The number of carbonyl (C=O) groups excluding carboxylic acids is 1. The van der Waals surface area contributed by atoms with E-state index in [9.17, 15) is 4.79 Å². The van der Waals surface area contributed by atoms with Crippen LogP contribution < -0.4 is 4.74 Å². The molecule has 2 aromatic carbocycles. The van der Waals surface area contributed by atoms with Crippen LogP contribution in [0.3, 0.4) is 0 Å². The molecule has 0 aliphatic carbocycles. The molecule has 4 rings (SSSR count). The van der Waals surface area contributed by atoms with Crippen LogP contribution in [0.1, 0.15) is 37.8 Å². The van der Waals surface area contributed by atoms with Gasteiger partial charge in [-0.1, -0.05) is 60.7 Å². The van der Waals surface area contributed by atoms with Gasteiger partial charge in [0.2, 0.25) is 5.88 Å². The topological polar surface area (TPSA) is 71.9 Å². The van der Waals surface area contributed by atoms with Crippen LogP contribution in [-0.4, -0.2) is 47.4 Å². The molecule has 1 aliphatic heterocycles. The molecule has 2 atom stereocenters. The Hall–Kier alpha value is -3.38. The molecule has 0 bridgehead atoms. The lowest BCUT2D eigenvalue weighted by molar-refractivity contribution is 0.00760. The van der Waals surface area contributed by atoms with Gasteiger partial charge >= 0.3 is 6.09 Å². The molecule has 0 saturated carbocycles. The van der Waals surface area contributed by atoms with Crippen molar-refractivity contribution in [2.75, 3.05) is 20.3 Å². The van der Waals surface area contributed by atoms with Crippen LogP contribution >= 0.6 is 0 Å². The molecule has 174 valence electrons. The second kappa shape index (κ2) is 12.6. The number of benzene rings is 2. The van der Waals surface area contributed by atoms with Crippen molar-refractivity contribution < 1.29 is 19.4 Å². The maximum atomic E-state index is 12.4. The van der Waals surface area contributed by atoms with Gasteiger partial charge in [-0.25, -0.2) is 9.78 Å². The molecule has 2 unspecified atom stereocenters. The molecule has 0 spiro atoms. The van der Waals surface area contributed by atoms with Gasteiger partial charge in [0.25, 0.3) is 0 Å². The first-order chi connectivity index (χ1) is 16.1. The summed E-state index contributed by atoms with van der Waals surface area (Å²) in [7, 11) is 1.60. The number of aliphatic hydroxyl groups is 1. The number of hydrogen-bond donors (Lipinski definition) is 1. The number of amides is 1. The van der Waals surface area contributed by atoms with Crippen LogP contribution in [0.15, 0.2) is 79.0 Å². The zero-order valence-electron chi connectivity index (χ0n) is 19.3. The monoisotopic (exact) mass is 448 g/mol. The molecular formula is C27H32N2O4. The Kier molecular flexibility index (Phi) is 9.27. The van der Waals surface area contributed by atoms with Crippen molar-refractivity contribution in [2.45, 2.75) is 38.3 Å². The zero-order valence-corrected chi connectivity index (χ0v) is 19.3. The largest absolute Gasteiger partial charge is 0.481 e. The van der Waals surface area contributed by atoms with E-state index < -0.39 is 0 Å². The fourth-order valence-electron chi connectivity index (χ4n) is 3.71. The molecule has 0 radical (unpaired) electrons. The normalized spacial score (nSPS) is 16.3. The number of carbonyl (C=O) groups is 1. The van der Waals surface area contributed by atoms with Gasteiger partial charge in [0.05, 0.1) is 13.2 Å². The first kappa shape index (κ1) is 24.3. The lowest BCUT2D eigenvalue weighted by Gasteiger charge is -2.35. The molecule has 1 N–H and O–H groups in total. The second-order valence-electron chi connectivity index (χ2n) is 7.90. The summed E-state index contributed by atoms with van der Waals surface area (Å²) in [5, 5.41) is 8.92. The van der Waals surface area contributed by atoms with E-state index in [1.807, 2.05) is 79.7 Å². The first-order valence-electron chi connectivity index (χ1n) is 11.3. The van der Waals surface area contributed by atoms with E-state index in [4.69, 9.17) is 14.6 Å². The minimum absolute atomic E-state index is 0.0562. The maximum absolute atomic E-state index is 12.4. The molecule has 33 heavy (non-hydrogen) atoms. The van der Waals surface area contributed by atoms with E-state index in [0.29, 0.717) is 18.8 Å². The molecule has 1 fully saturated rings. The zero-order chi connectivity index (χ0) is 23.5. The molecule has 6 nitrogen and oxygen atoms in total. The lowest BCUT2D eigenvalue weighted by Crippen LogP contribution is -2.43. The number of ether oxygens (including phenoxy) is 2. The van der Waals surface area contributed by atoms with E-state index in [1.54, 1.807) is 18.2 Å². The summed E-state index contributed by atoms with van der Waals surface area (Å²) in [4.78, 5) is 18.4. The van der Waals surface area contributed by atoms with Gasteiger partial charge in [0.1, 0.15) is 6.10 Å². The van der Waals surface area contributed by atoms with Gasteiger partial charge in [-0.15, -0.1) is 0 Å². The summed E-state index contributed by atoms with van der Waals surface area (Å²) < 4.78 is 10.6. The summed E-state index contributed by atoms with van der Waals surface area (Å²) in [5.74, 6) is 0.588. The van der Waals surface area contributed by atoms with E-state index in [0.717, 1.165) is 29.5 Å². The fraction of sp³-hybridized carbons (Fsp3) is 0.333. The summed E-state index contributed by atoms with van der Waals surface area (Å²) in [5.41, 5.74) is 3.14. The van der Waals surface area contributed by atoms with Gasteiger partial charge in [0.15, 0.2) is 0 Å². The summed E-state index contributed by atoms with van der Waals surface area (Å²) in [6.45, 7) is 2.81. The van der Waals surface area contributed by atoms with Crippen molar-refractivity contribution in [1.82, 2.24) is 9.88 Å². The third kappa shape index (κ3) is 7.05. The predicted octanol–water partition coefficient (Wildman–Crippen LogP) is 5.49. The number of nitrogens with zero attached hydrogens (tertiary/aromatic N) is 2. The Morgan fingerprint density at radius 3 is 2.21 bits per heavy atom. The Labute approximate surface area is 195 Å². The van der Waals surface area contributed by atoms with Gasteiger partial charge in [-0.3, -0.25) is 0 Å². The van der Waals surface area contributed by atoms with Crippen molar-refractivity contribution >= 4 is 6.09 Å². The smallest absolute Gasteiger partial charge is 0.410 e. The molecular weight excluding hydrogens is 416 g/mol. The van der Waals surface area contributed by atoms with Crippen LogP contribution in [0.25, 0.3) is 11.1 Å². The average molecular weight is 449 g/mol. The third-order valence-electron chi connectivity index (χ3n) is 5.68. The van der Waals surface area contributed by atoms with E-state index in [2.05, 4.69) is 4.98 Å².